The highest BCUT2D eigenvalue weighted by atomic mass is 32.1. The van der Waals surface area contributed by atoms with Crippen LogP contribution in [0.25, 0.3) is 10.6 Å². The van der Waals surface area contributed by atoms with Crippen LogP contribution in [-0.2, 0) is 4.79 Å². The highest BCUT2D eigenvalue weighted by molar-refractivity contribution is 7.13. The lowest BCUT2D eigenvalue weighted by Crippen LogP contribution is -2.44. The van der Waals surface area contributed by atoms with E-state index in [4.69, 9.17) is 0 Å². The lowest BCUT2D eigenvalue weighted by Gasteiger charge is -2.33. The number of carbonyl (C=O) groups is 1. The molecular formula is C20H23N7O2S. The average molecular weight is 426 g/mol. The smallest absolute Gasteiger partial charge is 0.267 e. The maximum Gasteiger partial charge on any atom is 0.267 e. The van der Waals surface area contributed by atoms with Crippen LogP contribution < -0.4 is 15.8 Å². The number of carbonyl (C=O) groups excluding carboxylic acids is 1. The fourth-order valence-corrected chi connectivity index (χ4v) is 3.91. The molecule has 1 saturated heterocycles. The molecule has 9 nitrogen and oxygen atoms in total. The van der Waals surface area contributed by atoms with E-state index in [1.54, 1.807) is 19.1 Å². The summed E-state index contributed by atoms with van der Waals surface area (Å²) >= 11 is 1.53. The molecule has 0 aliphatic carbocycles. The van der Waals surface area contributed by atoms with E-state index in [1.165, 1.54) is 28.4 Å². The molecule has 1 aliphatic rings. The van der Waals surface area contributed by atoms with Crippen LogP contribution in [0.3, 0.4) is 0 Å². The Morgan fingerprint density at radius 1 is 1.17 bits per heavy atom. The fourth-order valence-electron chi connectivity index (χ4n) is 3.22. The first-order chi connectivity index (χ1) is 14.5. The second-order valence-corrected chi connectivity index (χ2v) is 8.14. The van der Waals surface area contributed by atoms with E-state index in [-0.39, 0.29) is 11.5 Å². The van der Waals surface area contributed by atoms with Crippen molar-refractivity contribution in [2.75, 3.05) is 43.4 Å². The minimum Gasteiger partial charge on any atom is -0.354 e. The average Bonchev–Trinajstić information content (AvgIpc) is 3.29. The quantitative estimate of drug-likeness (QED) is 0.665. The molecule has 3 aromatic heterocycles. The number of nitrogens with zero attached hydrogens (tertiary/aromatic N) is 6. The van der Waals surface area contributed by atoms with Crippen LogP contribution in [0.2, 0.25) is 0 Å². The van der Waals surface area contributed by atoms with Gasteiger partial charge in [-0.15, -0.1) is 11.3 Å². The van der Waals surface area contributed by atoms with Gasteiger partial charge >= 0.3 is 0 Å². The zero-order valence-electron chi connectivity index (χ0n) is 16.9. The normalized spacial score (nSPS) is 15.7. The molecule has 0 radical (unpaired) electrons. The Morgan fingerprint density at radius 2 is 1.97 bits per heavy atom. The van der Waals surface area contributed by atoms with Crippen molar-refractivity contribution in [3.63, 3.8) is 0 Å². The van der Waals surface area contributed by atoms with E-state index in [0.29, 0.717) is 11.5 Å². The molecule has 10 heteroatoms. The van der Waals surface area contributed by atoms with Crippen molar-refractivity contribution >= 4 is 28.9 Å². The molecule has 3 aromatic rings. The molecule has 1 amide bonds. The molecule has 0 bridgehead atoms. The predicted molar refractivity (Wildman–Crippen MR) is 117 cm³/mol. The summed E-state index contributed by atoms with van der Waals surface area (Å²) in [6.45, 7) is 5.29. The minimum absolute atomic E-state index is 0.334. The summed E-state index contributed by atoms with van der Waals surface area (Å²) in [6, 6.07) is 7.91. The van der Waals surface area contributed by atoms with Crippen LogP contribution in [0.4, 0.5) is 11.6 Å². The molecule has 0 spiro atoms. The Bertz CT molecular complexity index is 1070. The first-order valence-corrected chi connectivity index (χ1v) is 10.6. The number of anilines is 2. The summed E-state index contributed by atoms with van der Waals surface area (Å²) < 4.78 is 1.20. The maximum absolute atomic E-state index is 12.8. The van der Waals surface area contributed by atoms with Gasteiger partial charge in [-0.3, -0.25) is 9.59 Å². The Hall–Kier alpha value is -3.11. The number of hydrogen-bond donors (Lipinski definition) is 1. The van der Waals surface area contributed by atoms with Crippen LogP contribution in [0.5, 0.6) is 0 Å². The lowest BCUT2D eigenvalue weighted by atomic mass is 10.3. The van der Waals surface area contributed by atoms with Crippen molar-refractivity contribution in [2.24, 2.45) is 0 Å². The van der Waals surface area contributed by atoms with Crippen molar-refractivity contribution in [3.8, 4) is 10.6 Å². The van der Waals surface area contributed by atoms with Gasteiger partial charge in [-0.05, 0) is 31.5 Å². The highest BCUT2D eigenvalue weighted by Crippen LogP contribution is 2.22. The monoisotopic (exact) mass is 425 g/mol. The van der Waals surface area contributed by atoms with Gasteiger partial charge in [0, 0.05) is 38.3 Å². The van der Waals surface area contributed by atoms with Gasteiger partial charge in [0.25, 0.3) is 5.56 Å². The van der Waals surface area contributed by atoms with Crippen LogP contribution in [-0.4, -0.2) is 63.8 Å². The molecule has 1 N–H and O–H groups in total. The Morgan fingerprint density at radius 3 is 2.70 bits per heavy atom. The van der Waals surface area contributed by atoms with Crippen molar-refractivity contribution in [1.82, 2.24) is 24.6 Å². The van der Waals surface area contributed by atoms with Crippen molar-refractivity contribution < 1.29 is 4.79 Å². The molecule has 4 heterocycles. The van der Waals surface area contributed by atoms with Gasteiger partial charge in [0.1, 0.15) is 29.7 Å². The van der Waals surface area contributed by atoms with Gasteiger partial charge < -0.3 is 15.1 Å². The molecule has 0 aromatic carbocycles. The Balaban J connectivity index is 1.50. The zero-order valence-corrected chi connectivity index (χ0v) is 17.7. The summed E-state index contributed by atoms with van der Waals surface area (Å²) in [4.78, 5) is 39.0. The van der Waals surface area contributed by atoms with Crippen LogP contribution >= 0.6 is 11.3 Å². The van der Waals surface area contributed by atoms with Crippen LogP contribution in [0.1, 0.15) is 13.0 Å². The molecule has 1 unspecified atom stereocenters. The largest absolute Gasteiger partial charge is 0.354 e. The molecule has 1 aliphatic heterocycles. The van der Waals surface area contributed by atoms with E-state index >= 15 is 0 Å². The SMILES string of the molecule is CC(C(=O)Nc1cc(N2CCN(C)CC2)ncn1)n1nc(-c2cccs2)ccc1=O. The van der Waals surface area contributed by atoms with Crippen molar-refractivity contribution in [1.29, 1.82) is 0 Å². The predicted octanol–water partition coefficient (Wildman–Crippen LogP) is 1.71. The van der Waals surface area contributed by atoms with Crippen LogP contribution in [0.15, 0.2) is 46.8 Å². The molecule has 0 saturated carbocycles. The fraction of sp³-hybridized carbons (Fsp3) is 0.350. The second kappa shape index (κ2) is 8.72. The number of thiophene rings is 1. The maximum atomic E-state index is 12.8. The number of rotatable bonds is 5. The van der Waals surface area contributed by atoms with E-state index in [2.05, 4.69) is 37.2 Å². The standard InChI is InChI=1S/C20H23N7O2S/c1-14(27-19(28)6-5-15(24-27)16-4-3-11-30-16)20(29)23-17-12-18(22-13-21-17)26-9-7-25(2)8-10-26/h3-6,11-14H,7-10H2,1-2H3,(H,21,22,23,29). The molecule has 1 fully saturated rings. The lowest BCUT2D eigenvalue weighted by molar-refractivity contribution is -0.119. The van der Waals surface area contributed by atoms with Gasteiger partial charge in [-0.25, -0.2) is 14.6 Å². The summed E-state index contributed by atoms with van der Waals surface area (Å²) in [5.41, 5.74) is 0.322. The van der Waals surface area contributed by atoms with Gasteiger partial charge in [-0.1, -0.05) is 6.07 Å². The highest BCUT2D eigenvalue weighted by Gasteiger charge is 2.20. The first kappa shape index (κ1) is 20.2. The number of amides is 1. The van der Waals surface area contributed by atoms with Crippen LogP contribution in [0, 0.1) is 0 Å². The molecule has 1 atom stereocenters. The second-order valence-electron chi connectivity index (χ2n) is 7.20. The van der Waals surface area contributed by atoms with Gasteiger partial charge in [0.05, 0.1) is 4.88 Å². The topological polar surface area (TPSA) is 96.2 Å². The molecular weight excluding hydrogens is 402 g/mol. The third kappa shape index (κ3) is 4.39. The summed E-state index contributed by atoms with van der Waals surface area (Å²) in [5, 5.41) is 9.11. The van der Waals surface area contributed by atoms with E-state index in [0.717, 1.165) is 36.9 Å². The van der Waals surface area contributed by atoms with Crippen molar-refractivity contribution in [3.05, 3.63) is 52.4 Å². The Kier molecular flexibility index (Phi) is 5.86. The minimum atomic E-state index is -0.792. The molecule has 30 heavy (non-hydrogen) atoms. The third-order valence-corrected chi connectivity index (χ3v) is 5.97. The number of likely N-dealkylation sites (N-methyl/N-ethyl adjacent to an activating group) is 1. The summed E-state index contributed by atoms with van der Waals surface area (Å²) in [7, 11) is 2.09. The number of piperazine rings is 1. The third-order valence-electron chi connectivity index (χ3n) is 5.08. The number of nitrogens with one attached hydrogen (secondary N) is 1. The summed E-state index contributed by atoms with van der Waals surface area (Å²) in [6.07, 6.45) is 1.44. The first-order valence-electron chi connectivity index (χ1n) is 9.71. The van der Waals surface area contributed by atoms with E-state index in [1.807, 2.05) is 17.5 Å². The van der Waals surface area contributed by atoms with Gasteiger partial charge in [0.2, 0.25) is 5.91 Å². The van der Waals surface area contributed by atoms with E-state index in [9.17, 15) is 9.59 Å². The molecule has 4 rings (SSSR count). The number of hydrogen-bond acceptors (Lipinski definition) is 8. The number of aromatic nitrogens is 4. The van der Waals surface area contributed by atoms with Crippen molar-refractivity contribution in [2.45, 2.75) is 13.0 Å². The van der Waals surface area contributed by atoms with E-state index < -0.39 is 6.04 Å². The molecule has 156 valence electrons. The zero-order chi connectivity index (χ0) is 21.1. The summed E-state index contributed by atoms with van der Waals surface area (Å²) in [5.74, 6) is 0.810. The Labute approximate surface area is 178 Å². The van der Waals surface area contributed by atoms with Gasteiger partial charge in [0.15, 0.2) is 0 Å². The van der Waals surface area contributed by atoms with Gasteiger partial charge in [-0.2, -0.15) is 5.10 Å².